The van der Waals surface area contributed by atoms with Crippen LogP contribution < -0.4 is 10.1 Å². The van der Waals surface area contributed by atoms with E-state index in [9.17, 15) is 10.1 Å². The fourth-order valence-electron chi connectivity index (χ4n) is 2.07. The molecule has 1 atom stereocenters. The second-order valence-corrected chi connectivity index (χ2v) is 6.90. The van der Waals surface area contributed by atoms with Crippen molar-refractivity contribution in [1.29, 1.82) is 5.26 Å². The highest BCUT2D eigenvalue weighted by molar-refractivity contribution is 7.99. The van der Waals surface area contributed by atoms with E-state index in [1.165, 1.54) is 11.8 Å². The zero-order valence-corrected chi connectivity index (χ0v) is 15.5. The van der Waals surface area contributed by atoms with E-state index in [0.717, 1.165) is 5.69 Å². The number of para-hydroxylation sites is 2. The van der Waals surface area contributed by atoms with Crippen LogP contribution in [-0.4, -0.2) is 39.1 Å². The van der Waals surface area contributed by atoms with Crippen molar-refractivity contribution in [2.45, 2.75) is 31.5 Å². The molecule has 1 N–H and O–H groups in total. The van der Waals surface area contributed by atoms with Crippen LogP contribution in [0.25, 0.3) is 5.69 Å². The smallest absolute Gasteiger partial charge is 0.231 e. The molecule has 1 aromatic carbocycles. The Bertz CT molecular complexity index is 783. The van der Waals surface area contributed by atoms with Gasteiger partial charge in [-0.25, -0.2) is 0 Å². The summed E-state index contributed by atoms with van der Waals surface area (Å²) in [7, 11) is 1.60. The first-order valence-electron chi connectivity index (χ1n) is 7.79. The van der Waals surface area contributed by atoms with Gasteiger partial charge >= 0.3 is 0 Å². The van der Waals surface area contributed by atoms with E-state index in [1.807, 2.05) is 38.1 Å². The Hall–Kier alpha value is -2.53. The molecule has 2 aromatic rings. The molecular formula is C17H21N5O2S. The lowest BCUT2D eigenvalue weighted by Crippen LogP contribution is -2.49. The maximum atomic E-state index is 12.2. The summed E-state index contributed by atoms with van der Waals surface area (Å²) in [5.41, 5.74) is -0.101. The molecule has 7 nitrogen and oxygen atoms in total. The summed E-state index contributed by atoms with van der Waals surface area (Å²) in [6, 6.07) is 9.66. The van der Waals surface area contributed by atoms with E-state index < -0.39 is 5.54 Å². The second kappa shape index (κ2) is 8.03. The average Bonchev–Trinajstić information content (AvgIpc) is 3.08. The molecule has 0 saturated heterocycles. The minimum Gasteiger partial charge on any atom is -0.495 e. The van der Waals surface area contributed by atoms with E-state index in [0.29, 0.717) is 10.9 Å². The lowest BCUT2D eigenvalue weighted by molar-refractivity contribution is -0.120. The lowest BCUT2D eigenvalue weighted by atomic mass is 9.90. The number of carbonyl (C=O) groups excluding carboxylic acids is 1. The number of ether oxygens (including phenoxy) is 1. The highest BCUT2D eigenvalue weighted by atomic mass is 32.2. The van der Waals surface area contributed by atoms with E-state index in [2.05, 4.69) is 21.6 Å². The fourth-order valence-corrected chi connectivity index (χ4v) is 2.80. The third-order valence-electron chi connectivity index (χ3n) is 3.98. The number of thioether (sulfide) groups is 1. The van der Waals surface area contributed by atoms with Crippen LogP contribution in [0.5, 0.6) is 5.75 Å². The number of carbonyl (C=O) groups is 1. The Morgan fingerprint density at radius 1 is 1.48 bits per heavy atom. The van der Waals surface area contributed by atoms with E-state index in [-0.39, 0.29) is 17.6 Å². The summed E-state index contributed by atoms with van der Waals surface area (Å²) in [5.74, 6) is 0.601. The summed E-state index contributed by atoms with van der Waals surface area (Å²) in [6.07, 6.45) is 1.58. The van der Waals surface area contributed by atoms with Crippen molar-refractivity contribution in [2.24, 2.45) is 5.92 Å². The predicted molar refractivity (Wildman–Crippen MR) is 95.6 cm³/mol. The van der Waals surface area contributed by atoms with Crippen LogP contribution in [-0.2, 0) is 4.79 Å². The molecule has 132 valence electrons. The second-order valence-electron chi connectivity index (χ2n) is 5.96. The number of benzene rings is 1. The van der Waals surface area contributed by atoms with Crippen LogP contribution in [0.3, 0.4) is 0 Å². The van der Waals surface area contributed by atoms with Gasteiger partial charge in [-0.05, 0) is 25.0 Å². The van der Waals surface area contributed by atoms with Crippen molar-refractivity contribution in [3.63, 3.8) is 0 Å². The van der Waals surface area contributed by atoms with E-state index in [1.54, 1.807) is 24.9 Å². The Labute approximate surface area is 151 Å². The summed E-state index contributed by atoms with van der Waals surface area (Å²) in [6.45, 7) is 5.52. The van der Waals surface area contributed by atoms with Crippen molar-refractivity contribution in [1.82, 2.24) is 20.1 Å². The number of hydrogen-bond acceptors (Lipinski definition) is 6. The standard InChI is InChI=1S/C17H21N5O2S/c1-12(2)17(3,10-18)20-15(23)9-25-16-21-19-11-22(16)13-7-5-6-8-14(13)24-4/h5-8,11-12H,9H2,1-4H3,(H,20,23). The number of hydrogen-bond donors (Lipinski definition) is 1. The normalized spacial score (nSPS) is 13.1. The van der Waals surface area contributed by atoms with Gasteiger partial charge in [-0.2, -0.15) is 5.26 Å². The van der Waals surface area contributed by atoms with E-state index in [4.69, 9.17) is 4.74 Å². The molecule has 0 radical (unpaired) electrons. The number of nitriles is 1. The van der Waals surface area contributed by atoms with Crippen LogP contribution in [0, 0.1) is 17.2 Å². The summed E-state index contributed by atoms with van der Waals surface area (Å²) in [5, 5.41) is 20.6. The van der Waals surface area contributed by atoms with Crippen LogP contribution in [0.2, 0.25) is 0 Å². The Balaban J connectivity index is 2.10. The monoisotopic (exact) mass is 359 g/mol. The van der Waals surface area contributed by atoms with Crippen molar-refractivity contribution >= 4 is 17.7 Å². The highest BCUT2D eigenvalue weighted by Gasteiger charge is 2.30. The van der Waals surface area contributed by atoms with Crippen molar-refractivity contribution < 1.29 is 9.53 Å². The van der Waals surface area contributed by atoms with Gasteiger partial charge in [0.15, 0.2) is 5.16 Å². The molecule has 0 aliphatic heterocycles. The number of nitrogens with one attached hydrogen (secondary N) is 1. The molecule has 25 heavy (non-hydrogen) atoms. The number of methoxy groups -OCH3 is 1. The van der Waals surface area contributed by atoms with Gasteiger partial charge < -0.3 is 10.1 Å². The van der Waals surface area contributed by atoms with Gasteiger partial charge in [0.05, 0.1) is 24.6 Å². The van der Waals surface area contributed by atoms with Crippen molar-refractivity contribution in [3.8, 4) is 17.5 Å². The van der Waals surface area contributed by atoms with Crippen LogP contribution in [0.4, 0.5) is 0 Å². The molecule has 1 amide bonds. The molecular weight excluding hydrogens is 338 g/mol. The van der Waals surface area contributed by atoms with Crippen LogP contribution >= 0.6 is 11.8 Å². The number of nitrogens with zero attached hydrogens (tertiary/aromatic N) is 4. The summed E-state index contributed by atoms with van der Waals surface area (Å²) >= 11 is 1.25. The first-order chi connectivity index (χ1) is 11.9. The molecule has 0 saturated carbocycles. The third-order valence-corrected chi connectivity index (χ3v) is 4.92. The Morgan fingerprint density at radius 3 is 2.84 bits per heavy atom. The third kappa shape index (κ3) is 4.31. The molecule has 8 heteroatoms. The molecule has 0 bridgehead atoms. The molecule has 0 aliphatic rings. The molecule has 2 rings (SSSR count). The summed E-state index contributed by atoms with van der Waals surface area (Å²) < 4.78 is 7.12. The predicted octanol–water partition coefficient (Wildman–Crippen LogP) is 2.42. The van der Waals surface area contributed by atoms with Gasteiger partial charge in [0.25, 0.3) is 0 Å². The van der Waals surface area contributed by atoms with Crippen molar-refractivity contribution in [3.05, 3.63) is 30.6 Å². The van der Waals surface area contributed by atoms with Crippen LogP contribution in [0.1, 0.15) is 20.8 Å². The van der Waals surface area contributed by atoms with E-state index >= 15 is 0 Å². The zero-order chi connectivity index (χ0) is 18.4. The minimum atomic E-state index is -0.895. The van der Waals surface area contributed by atoms with Crippen molar-refractivity contribution in [2.75, 3.05) is 12.9 Å². The van der Waals surface area contributed by atoms with Gasteiger partial charge in [0, 0.05) is 0 Å². The maximum Gasteiger partial charge on any atom is 0.231 e. The minimum absolute atomic E-state index is 0.00341. The summed E-state index contributed by atoms with van der Waals surface area (Å²) in [4.78, 5) is 12.2. The highest BCUT2D eigenvalue weighted by Crippen LogP contribution is 2.26. The van der Waals surface area contributed by atoms with Gasteiger partial charge in [-0.1, -0.05) is 37.7 Å². The SMILES string of the molecule is COc1ccccc1-n1cnnc1SCC(=O)NC(C)(C#N)C(C)C. The lowest BCUT2D eigenvalue weighted by Gasteiger charge is -2.27. The van der Waals surface area contributed by atoms with Gasteiger partial charge in [-0.3, -0.25) is 9.36 Å². The first kappa shape index (κ1) is 18.8. The number of aromatic nitrogens is 3. The first-order valence-corrected chi connectivity index (χ1v) is 8.78. The topological polar surface area (TPSA) is 92.8 Å². The number of amides is 1. The maximum absolute atomic E-state index is 12.2. The zero-order valence-electron chi connectivity index (χ0n) is 14.7. The molecule has 1 aromatic heterocycles. The Kier molecular flexibility index (Phi) is 6.04. The molecule has 0 spiro atoms. The Morgan fingerprint density at radius 2 is 2.20 bits per heavy atom. The fraction of sp³-hybridized carbons (Fsp3) is 0.412. The van der Waals surface area contributed by atoms with Crippen LogP contribution in [0.15, 0.2) is 35.7 Å². The quantitative estimate of drug-likeness (QED) is 0.763. The van der Waals surface area contributed by atoms with Gasteiger partial charge in [0.2, 0.25) is 5.91 Å². The largest absolute Gasteiger partial charge is 0.495 e. The van der Waals surface area contributed by atoms with Gasteiger partial charge in [-0.15, -0.1) is 10.2 Å². The molecule has 1 heterocycles. The molecule has 0 aliphatic carbocycles. The number of rotatable bonds is 7. The average molecular weight is 359 g/mol. The van der Waals surface area contributed by atoms with Gasteiger partial charge in [0.1, 0.15) is 17.6 Å². The molecule has 0 fully saturated rings. The molecule has 1 unspecified atom stereocenters.